The van der Waals surface area contributed by atoms with E-state index in [2.05, 4.69) is 49.4 Å². The highest BCUT2D eigenvalue weighted by atomic mass is 14.9. The Bertz CT molecular complexity index is 325. The normalized spacial score (nSPS) is 14.1. The van der Waals surface area contributed by atoms with Gasteiger partial charge in [0.15, 0.2) is 0 Å². The average Bonchev–Trinajstić information content (AvgIpc) is 2.35. The number of hydrogen-bond donors (Lipinski definition) is 2. The highest BCUT2D eigenvalue weighted by Gasteiger charge is 2.09. The molecule has 2 N–H and O–H groups in total. The lowest BCUT2D eigenvalue weighted by molar-refractivity contribution is 0.494. The predicted octanol–water partition coefficient (Wildman–Crippen LogP) is 3.75. The Morgan fingerprint density at radius 3 is 2.53 bits per heavy atom. The van der Waals surface area contributed by atoms with Crippen LogP contribution in [-0.2, 0) is 0 Å². The molecule has 17 heavy (non-hydrogen) atoms. The lowest BCUT2D eigenvalue weighted by Gasteiger charge is -2.21. The monoisotopic (exact) mass is 235 g/mol. The van der Waals surface area contributed by atoms with Gasteiger partial charge in [0.1, 0.15) is 0 Å². The third-order valence-corrected chi connectivity index (χ3v) is 3.21. The molecular formula is C14H25N3. The summed E-state index contributed by atoms with van der Waals surface area (Å²) in [4.78, 5) is 4.25. The number of anilines is 2. The Labute approximate surface area is 105 Å². The fraction of sp³-hybridized carbons (Fsp3) is 0.643. The Morgan fingerprint density at radius 1 is 1.18 bits per heavy atom. The minimum Gasteiger partial charge on any atom is -0.384 e. The molecular weight excluding hydrogens is 210 g/mol. The first-order valence-electron chi connectivity index (χ1n) is 6.62. The van der Waals surface area contributed by atoms with E-state index in [9.17, 15) is 0 Å². The van der Waals surface area contributed by atoms with Crippen molar-refractivity contribution in [1.29, 1.82) is 0 Å². The topological polar surface area (TPSA) is 37.0 Å². The number of pyridine rings is 1. The average molecular weight is 235 g/mol. The summed E-state index contributed by atoms with van der Waals surface area (Å²) < 4.78 is 0. The molecule has 0 saturated heterocycles. The van der Waals surface area contributed by atoms with Crippen molar-refractivity contribution in [2.24, 2.45) is 5.92 Å². The van der Waals surface area contributed by atoms with Gasteiger partial charge in [0.05, 0.1) is 23.8 Å². The summed E-state index contributed by atoms with van der Waals surface area (Å²) in [6, 6.07) is 2.60. The fourth-order valence-corrected chi connectivity index (χ4v) is 1.64. The molecule has 96 valence electrons. The molecule has 3 heteroatoms. The van der Waals surface area contributed by atoms with E-state index in [0.29, 0.717) is 12.0 Å². The highest BCUT2D eigenvalue weighted by Crippen LogP contribution is 2.17. The van der Waals surface area contributed by atoms with E-state index in [1.165, 1.54) is 6.42 Å². The standard InChI is InChI=1S/C14H25N3/c1-5-7-16-13-8-14(10-15-9-13)17-12(4)11(3)6-2/h8-12,16-17H,5-7H2,1-4H3. The van der Waals surface area contributed by atoms with Crippen LogP contribution < -0.4 is 10.6 Å². The quantitative estimate of drug-likeness (QED) is 0.755. The maximum Gasteiger partial charge on any atom is 0.0549 e. The molecule has 0 aliphatic heterocycles. The van der Waals surface area contributed by atoms with Gasteiger partial charge in [-0.2, -0.15) is 0 Å². The first-order chi connectivity index (χ1) is 8.17. The van der Waals surface area contributed by atoms with Crippen molar-refractivity contribution in [1.82, 2.24) is 4.98 Å². The van der Waals surface area contributed by atoms with Crippen LogP contribution in [-0.4, -0.2) is 17.6 Å². The molecule has 0 aliphatic rings. The number of nitrogens with zero attached hydrogens (tertiary/aromatic N) is 1. The van der Waals surface area contributed by atoms with Gasteiger partial charge in [-0.3, -0.25) is 4.98 Å². The van der Waals surface area contributed by atoms with Gasteiger partial charge in [-0.15, -0.1) is 0 Å². The second kappa shape index (κ2) is 7.15. The van der Waals surface area contributed by atoms with Crippen molar-refractivity contribution in [2.75, 3.05) is 17.2 Å². The first kappa shape index (κ1) is 13.8. The molecule has 0 bridgehead atoms. The molecule has 1 aromatic rings. The van der Waals surface area contributed by atoms with E-state index >= 15 is 0 Å². The summed E-state index contributed by atoms with van der Waals surface area (Å²) >= 11 is 0. The number of hydrogen-bond acceptors (Lipinski definition) is 3. The van der Waals surface area contributed by atoms with Crippen LogP contribution in [0.4, 0.5) is 11.4 Å². The lowest BCUT2D eigenvalue weighted by Crippen LogP contribution is -2.23. The maximum atomic E-state index is 4.25. The van der Waals surface area contributed by atoms with E-state index < -0.39 is 0 Å². The van der Waals surface area contributed by atoms with Gasteiger partial charge in [0.2, 0.25) is 0 Å². The van der Waals surface area contributed by atoms with Crippen molar-refractivity contribution in [3.05, 3.63) is 18.5 Å². The Morgan fingerprint density at radius 2 is 1.88 bits per heavy atom. The summed E-state index contributed by atoms with van der Waals surface area (Å²) in [5.41, 5.74) is 2.19. The third kappa shape index (κ3) is 4.63. The Hall–Kier alpha value is -1.25. The Balaban J connectivity index is 2.58. The molecule has 0 aromatic carbocycles. The summed E-state index contributed by atoms with van der Waals surface area (Å²) in [6.07, 6.45) is 6.07. The number of nitrogens with one attached hydrogen (secondary N) is 2. The smallest absolute Gasteiger partial charge is 0.0549 e. The second-order valence-corrected chi connectivity index (χ2v) is 4.71. The van der Waals surface area contributed by atoms with Gasteiger partial charge in [-0.25, -0.2) is 0 Å². The van der Waals surface area contributed by atoms with Gasteiger partial charge >= 0.3 is 0 Å². The molecule has 2 atom stereocenters. The molecule has 0 spiro atoms. The van der Waals surface area contributed by atoms with Gasteiger partial charge in [0.25, 0.3) is 0 Å². The molecule has 1 heterocycles. The Kier molecular flexibility index (Phi) is 5.81. The summed E-state index contributed by atoms with van der Waals surface area (Å²) in [6.45, 7) is 9.87. The minimum atomic E-state index is 0.475. The molecule has 0 saturated carbocycles. The number of rotatable bonds is 7. The van der Waals surface area contributed by atoms with E-state index in [1.54, 1.807) is 0 Å². The summed E-state index contributed by atoms with van der Waals surface area (Å²) in [7, 11) is 0. The predicted molar refractivity (Wildman–Crippen MR) is 75.6 cm³/mol. The van der Waals surface area contributed by atoms with Crippen LogP contribution in [0.15, 0.2) is 18.5 Å². The molecule has 3 nitrogen and oxygen atoms in total. The zero-order valence-corrected chi connectivity index (χ0v) is 11.5. The van der Waals surface area contributed by atoms with Gasteiger partial charge < -0.3 is 10.6 Å². The van der Waals surface area contributed by atoms with E-state index in [1.807, 2.05) is 12.4 Å². The van der Waals surface area contributed by atoms with Crippen LogP contribution in [0, 0.1) is 5.92 Å². The molecule has 1 aromatic heterocycles. The highest BCUT2D eigenvalue weighted by molar-refractivity contribution is 5.54. The van der Waals surface area contributed by atoms with Crippen LogP contribution in [0.25, 0.3) is 0 Å². The molecule has 0 radical (unpaired) electrons. The summed E-state index contributed by atoms with van der Waals surface area (Å²) in [5.74, 6) is 0.669. The van der Waals surface area contributed by atoms with Crippen molar-refractivity contribution in [2.45, 2.75) is 46.6 Å². The van der Waals surface area contributed by atoms with Crippen LogP contribution in [0.1, 0.15) is 40.5 Å². The van der Waals surface area contributed by atoms with Crippen molar-refractivity contribution >= 4 is 11.4 Å². The van der Waals surface area contributed by atoms with Crippen LogP contribution in [0.2, 0.25) is 0 Å². The minimum absolute atomic E-state index is 0.475. The van der Waals surface area contributed by atoms with Crippen molar-refractivity contribution < 1.29 is 0 Å². The molecule has 2 unspecified atom stereocenters. The van der Waals surface area contributed by atoms with E-state index in [4.69, 9.17) is 0 Å². The second-order valence-electron chi connectivity index (χ2n) is 4.71. The summed E-state index contributed by atoms with van der Waals surface area (Å²) in [5, 5.41) is 6.86. The van der Waals surface area contributed by atoms with Crippen LogP contribution in [0.3, 0.4) is 0 Å². The molecule has 0 amide bonds. The zero-order valence-electron chi connectivity index (χ0n) is 11.5. The van der Waals surface area contributed by atoms with E-state index in [-0.39, 0.29) is 0 Å². The molecule has 0 aliphatic carbocycles. The van der Waals surface area contributed by atoms with Gasteiger partial charge in [-0.05, 0) is 25.3 Å². The van der Waals surface area contributed by atoms with Crippen molar-refractivity contribution in [3.63, 3.8) is 0 Å². The van der Waals surface area contributed by atoms with Crippen LogP contribution in [0.5, 0.6) is 0 Å². The maximum absolute atomic E-state index is 4.25. The van der Waals surface area contributed by atoms with Crippen LogP contribution >= 0.6 is 0 Å². The largest absolute Gasteiger partial charge is 0.384 e. The van der Waals surface area contributed by atoms with Gasteiger partial charge in [0, 0.05) is 12.6 Å². The van der Waals surface area contributed by atoms with E-state index in [0.717, 1.165) is 24.3 Å². The first-order valence-corrected chi connectivity index (χ1v) is 6.62. The fourth-order valence-electron chi connectivity index (χ4n) is 1.64. The molecule has 1 rings (SSSR count). The SMILES string of the molecule is CCCNc1cncc(NC(C)C(C)CC)c1. The molecule has 0 fully saturated rings. The van der Waals surface area contributed by atoms with Gasteiger partial charge in [-0.1, -0.05) is 27.2 Å². The third-order valence-electron chi connectivity index (χ3n) is 3.21. The van der Waals surface area contributed by atoms with Crippen molar-refractivity contribution in [3.8, 4) is 0 Å². The number of aromatic nitrogens is 1. The zero-order chi connectivity index (χ0) is 12.7. The lowest BCUT2D eigenvalue weighted by atomic mass is 10.0.